The van der Waals surface area contributed by atoms with Gasteiger partial charge in [-0.15, -0.1) is 22.0 Å². The number of carboxylic acid groups (broad SMARTS) is 1. The van der Waals surface area contributed by atoms with Gasteiger partial charge in [0.15, 0.2) is 0 Å². The van der Waals surface area contributed by atoms with Crippen LogP contribution < -0.4 is 10.1 Å². The first-order valence-electron chi connectivity index (χ1n) is 6.16. The molecule has 0 fully saturated rings. The minimum Gasteiger partial charge on any atom is -0.497 e. The highest BCUT2D eigenvalue weighted by Crippen LogP contribution is 2.19. The average Bonchev–Trinajstić information content (AvgIpc) is 2.96. The van der Waals surface area contributed by atoms with Crippen molar-refractivity contribution in [3.05, 3.63) is 34.3 Å². The van der Waals surface area contributed by atoms with Gasteiger partial charge in [0, 0.05) is 11.4 Å². The fraction of sp³-hybridized carbons (Fsp3) is 0.231. The number of carboxylic acids is 1. The van der Waals surface area contributed by atoms with Gasteiger partial charge in [-0.05, 0) is 24.3 Å². The molecule has 2 rings (SSSR count). The predicted molar refractivity (Wildman–Crippen MR) is 84.7 cm³/mol. The van der Waals surface area contributed by atoms with Gasteiger partial charge in [-0.3, -0.25) is 9.59 Å². The molecule has 116 valence electrons. The Balaban J connectivity index is 1.91. The molecule has 1 amide bonds. The monoisotopic (exact) mass is 339 g/mol. The number of hydrogen-bond donors (Lipinski definition) is 2. The van der Waals surface area contributed by atoms with Crippen molar-refractivity contribution in [2.24, 2.45) is 0 Å². The smallest absolute Gasteiger partial charge is 0.313 e. The summed E-state index contributed by atoms with van der Waals surface area (Å²) >= 11 is 2.36. The Bertz CT molecular complexity index is 658. The van der Waals surface area contributed by atoms with Crippen LogP contribution in [-0.2, 0) is 10.5 Å². The quantitative estimate of drug-likeness (QED) is 0.796. The van der Waals surface area contributed by atoms with Gasteiger partial charge >= 0.3 is 5.97 Å². The summed E-state index contributed by atoms with van der Waals surface area (Å²) in [7, 11) is 1.57. The zero-order chi connectivity index (χ0) is 15.9. The van der Waals surface area contributed by atoms with Crippen molar-refractivity contribution in [3.8, 4) is 5.75 Å². The molecule has 7 nitrogen and oxygen atoms in total. The highest BCUT2D eigenvalue weighted by atomic mass is 32.2. The van der Waals surface area contributed by atoms with Crippen LogP contribution >= 0.6 is 23.1 Å². The summed E-state index contributed by atoms with van der Waals surface area (Å²) in [6, 6.07) is 6.93. The van der Waals surface area contributed by atoms with Gasteiger partial charge in [0.2, 0.25) is 5.01 Å². The second kappa shape index (κ2) is 7.76. The number of nitrogens with one attached hydrogen (secondary N) is 1. The van der Waals surface area contributed by atoms with E-state index in [0.717, 1.165) is 11.3 Å². The van der Waals surface area contributed by atoms with Gasteiger partial charge in [-0.1, -0.05) is 11.3 Å². The normalized spacial score (nSPS) is 10.2. The average molecular weight is 339 g/mol. The molecule has 0 bridgehead atoms. The maximum atomic E-state index is 12.0. The van der Waals surface area contributed by atoms with Gasteiger partial charge in [0.05, 0.1) is 12.9 Å². The second-order valence-electron chi connectivity index (χ2n) is 4.07. The van der Waals surface area contributed by atoms with Crippen LogP contribution in [0.3, 0.4) is 0 Å². The van der Waals surface area contributed by atoms with Gasteiger partial charge in [-0.25, -0.2) is 0 Å². The molecule has 2 aromatic rings. The van der Waals surface area contributed by atoms with Crippen LogP contribution in [0.5, 0.6) is 5.75 Å². The number of carbonyl (C=O) groups is 2. The number of nitrogens with zero attached hydrogens (tertiary/aromatic N) is 2. The maximum absolute atomic E-state index is 12.0. The molecule has 0 aliphatic rings. The van der Waals surface area contributed by atoms with E-state index >= 15 is 0 Å². The number of amides is 1. The molecule has 0 aliphatic heterocycles. The van der Waals surface area contributed by atoms with Crippen LogP contribution in [0.1, 0.15) is 14.8 Å². The van der Waals surface area contributed by atoms with Crippen LogP contribution in [0.2, 0.25) is 0 Å². The first-order valence-corrected chi connectivity index (χ1v) is 8.13. The fourth-order valence-electron chi connectivity index (χ4n) is 1.49. The molecular weight excluding hydrogens is 326 g/mol. The van der Waals surface area contributed by atoms with Crippen LogP contribution in [0, 0.1) is 0 Å². The number of ether oxygens (including phenoxy) is 1. The SMILES string of the molecule is COc1ccc(NC(=O)c2nnc(CSCC(=O)O)s2)cc1. The molecule has 0 saturated heterocycles. The maximum Gasteiger partial charge on any atom is 0.313 e. The molecule has 22 heavy (non-hydrogen) atoms. The Labute approximate surface area is 134 Å². The molecule has 0 saturated carbocycles. The number of carbonyl (C=O) groups excluding carboxylic acids is 1. The Morgan fingerprint density at radius 2 is 2.05 bits per heavy atom. The van der Waals surface area contributed by atoms with Gasteiger partial charge in [-0.2, -0.15) is 0 Å². The van der Waals surface area contributed by atoms with Crippen molar-refractivity contribution in [3.63, 3.8) is 0 Å². The molecule has 1 heterocycles. The zero-order valence-corrected chi connectivity index (χ0v) is 13.2. The highest BCUT2D eigenvalue weighted by molar-refractivity contribution is 7.99. The lowest BCUT2D eigenvalue weighted by molar-refractivity contribution is -0.133. The van der Waals surface area contributed by atoms with Crippen molar-refractivity contribution < 1.29 is 19.4 Å². The van der Waals surface area contributed by atoms with Crippen LogP contribution in [0.15, 0.2) is 24.3 Å². The standard InChI is InChI=1S/C13H13N3O4S2/c1-20-9-4-2-8(3-5-9)14-12(19)13-16-15-10(22-13)6-21-7-11(17)18/h2-5H,6-7H2,1H3,(H,14,19)(H,17,18). The van der Waals surface area contributed by atoms with Crippen LogP contribution in [0.4, 0.5) is 5.69 Å². The minimum absolute atomic E-state index is 0.00699. The summed E-state index contributed by atoms with van der Waals surface area (Å²) in [5, 5.41) is 19.8. The molecule has 9 heteroatoms. The van der Waals surface area contributed by atoms with Gasteiger partial charge in [0.1, 0.15) is 10.8 Å². The number of thioether (sulfide) groups is 1. The molecule has 0 spiro atoms. The third kappa shape index (κ3) is 4.71. The summed E-state index contributed by atoms with van der Waals surface area (Å²) in [6.07, 6.45) is 0. The van der Waals surface area contributed by atoms with Crippen LogP contribution in [0.25, 0.3) is 0 Å². The molecule has 0 unspecified atom stereocenters. The predicted octanol–water partition coefficient (Wildman–Crippen LogP) is 2.12. The molecule has 1 aromatic heterocycles. The molecule has 0 atom stereocenters. The number of hydrogen-bond acceptors (Lipinski definition) is 7. The summed E-state index contributed by atoms with van der Waals surface area (Å²) in [6.45, 7) is 0. The van der Waals surface area contributed by atoms with E-state index in [0.29, 0.717) is 22.2 Å². The van der Waals surface area contributed by atoms with Crippen molar-refractivity contribution in [1.82, 2.24) is 10.2 Å². The number of methoxy groups -OCH3 is 1. The van der Waals surface area contributed by atoms with Crippen molar-refractivity contribution in [2.45, 2.75) is 5.75 Å². The molecule has 0 aliphatic carbocycles. The fourth-order valence-corrected chi connectivity index (χ4v) is 3.01. The number of rotatable bonds is 7. The van der Waals surface area contributed by atoms with E-state index in [-0.39, 0.29) is 16.7 Å². The Hall–Kier alpha value is -2.13. The van der Waals surface area contributed by atoms with Crippen molar-refractivity contribution >= 4 is 40.7 Å². The second-order valence-corrected chi connectivity index (χ2v) is 6.12. The first kappa shape index (κ1) is 16.2. The summed E-state index contributed by atoms with van der Waals surface area (Å²) in [5.41, 5.74) is 0.628. The van der Waals surface area contributed by atoms with Gasteiger partial charge in [0.25, 0.3) is 5.91 Å². The Morgan fingerprint density at radius 1 is 1.32 bits per heavy atom. The molecular formula is C13H13N3O4S2. The van der Waals surface area contributed by atoms with E-state index in [1.54, 1.807) is 31.4 Å². The lowest BCUT2D eigenvalue weighted by Crippen LogP contribution is -2.11. The zero-order valence-electron chi connectivity index (χ0n) is 11.6. The Kier molecular flexibility index (Phi) is 5.73. The number of aromatic nitrogens is 2. The number of anilines is 1. The van der Waals surface area contributed by atoms with E-state index in [4.69, 9.17) is 9.84 Å². The van der Waals surface area contributed by atoms with Crippen molar-refractivity contribution in [2.75, 3.05) is 18.2 Å². The highest BCUT2D eigenvalue weighted by Gasteiger charge is 2.13. The van der Waals surface area contributed by atoms with E-state index in [1.807, 2.05) is 0 Å². The third-order valence-electron chi connectivity index (χ3n) is 2.46. The number of benzene rings is 1. The summed E-state index contributed by atoms with van der Waals surface area (Å²) in [4.78, 5) is 22.5. The van der Waals surface area contributed by atoms with Crippen molar-refractivity contribution in [1.29, 1.82) is 0 Å². The van der Waals surface area contributed by atoms with Gasteiger partial charge < -0.3 is 15.2 Å². The third-order valence-corrected chi connectivity index (χ3v) is 4.49. The Morgan fingerprint density at radius 3 is 2.68 bits per heavy atom. The van der Waals surface area contributed by atoms with E-state index in [9.17, 15) is 9.59 Å². The topological polar surface area (TPSA) is 101 Å². The lowest BCUT2D eigenvalue weighted by atomic mass is 10.3. The van der Waals surface area contributed by atoms with Crippen LogP contribution in [-0.4, -0.2) is 40.0 Å². The summed E-state index contributed by atoms with van der Waals surface area (Å²) < 4.78 is 5.04. The number of aliphatic carboxylic acids is 1. The first-order chi connectivity index (χ1) is 10.6. The summed E-state index contributed by atoms with van der Waals surface area (Å²) in [5.74, 6) is -0.122. The largest absolute Gasteiger partial charge is 0.497 e. The van der Waals surface area contributed by atoms with E-state index < -0.39 is 5.97 Å². The minimum atomic E-state index is -0.882. The van der Waals surface area contributed by atoms with E-state index in [2.05, 4.69) is 15.5 Å². The van der Waals surface area contributed by atoms with E-state index in [1.165, 1.54) is 11.8 Å². The molecule has 2 N–H and O–H groups in total. The lowest BCUT2D eigenvalue weighted by Gasteiger charge is -2.03. The molecule has 1 aromatic carbocycles. The molecule has 0 radical (unpaired) electrons.